The maximum atomic E-state index is 6.08. The number of nitrogens with one attached hydrogen (secondary N) is 1. The van der Waals surface area contributed by atoms with Gasteiger partial charge in [-0.05, 0) is 66.6 Å². The lowest BCUT2D eigenvalue weighted by Gasteiger charge is -2.14. The SMILES string of the molecule is COc1cc2nc(-c3ccc(Cl)cc3)nc(NCCc3ccc(Oc4ccccc4)cc3)c2cc1OC. The van der Waals surface area contributed by atoms with Crippen molar-refractivity contribution < 1.29 is 14.2 Å². The van der Waals surface area contributed by atoms with Crippen molar-refractivity contribution >= 4 is 28.3 Å². The van der Waals surface area contributed by atoms with E-state index in [1.54, 1.807) is 14.2 Å². The largest absolute Gasteiger partial charge is 0.493 e. The molecule has 6 nitrogen and oxygen atoms in total. The summed E-state index contributed by atoms with van der Waals surface area (Å²) >= 11 is 6.08. The average Bonchev–Trinajstić information content (AvgIpc) is 2.94. The molecule has 186 valence electrons. The number of nitrogens with zero attached hydrogens (tertiary/aromatic N) is 2. The number of fused-ring (bicyclic) bond motifs is 1. The minimum absolute atomic E-state index is 0.598. The molecule has 1 heterocycles. The van der Waals surface area contributed by atoms with Gasteiger partial charge in [0.2, 0.25) is 0 Å². The molecule has 0 unspecified atom stereocenters. The van der Waals surface area contributed by atoms with Gasteiger partial charge < -0.3 is 19.5 Å². The van der Waals surface area contributed by atoms with Crippen LogP contribution in [0, 0.1) is 0 Å². The number of hydrogen-bond acceptors (Lipinski definition) is 6. The summed E-state index contributed by atoms with van der Waals surface area (Å²) in [6.45, 7) is 0.680. The number of halogens is 1. The Morgan fingerprint density at radius 2 is 1.43 bits per heavy atom. The van der Waals surface area contributed by atoms with Crippen LogP contribution in [0.15, 0.2) is 91.0 Å². The van der Waals surface area contributed by atoms with Crippen LogP contribution in [-0.4, -0.2) is 30.7 Å². The average molecular weight is 512 g/mol. The van der Waals surface area contributed by atoms with Crippen molar-refractivity contribution in [1.82, 2.24) is 9.97 Å². The molecular formula is C30H26ClN3O3. The van der Waals surface area contributed by atoms with Gasteiger partial charge in [-0.1, -0.05) is 41.9 Å². The van der Waals surface area contributed by atoms with Crippen molar-refractivity contribution in [2.45, 2.75) is 6.42 Å². The second-order valence-corrected chi connectivity index (χ2v) is 8.80. The number of anilines is 1. The first-order valence-electron chi connectivity index (χ1n) is 11.9. The van der Waals surface area contributed by atoms with Crippen LogP contribution in [0.1, 0.15) is 5.56 Å². The molecule has 37 heavy (non-hydrogen) atoms. The fourth-order valence-electron chi connectivity index (χ4n) is 3.99. The minimum Gasteiger partial charge on any atom is -0.493 e. The van der Waals surface area contributed by atoms with Gasteiger partial charge in [0.1, 0.15) is 17.3 Å². The molecule has 0 fully saturated rings. The molecule has 0 saturated carbocycles. The summed E-state index contributed by atoms with van der Waals surface area (Å²) in [5.41, 5.74) is 2.81. The first-order chi connectivity index (χ1) is 18.1. The number of hydrogen-bond donors (Lipinski definition) is 1. The highest BCUT2D eigenvalue weighted by Gasteiger charge is 2.14. The molecule has 1 aromatic heterocycles. The molecule has 0 aliphatic rings. The van der Waals surface area contributed by atoms with Gasteiger partial charge in [-0.3, -0.25) is 0 Å². The van der Waals surface area contributed by atoms with E-state index < -0.39 is 0 Å². The molecular weight excluding hydrogens is 486 g/mol. The van der Waals surface area contributed by atoms with E-state index in [0.29, 0.717) is 28.9 Å². The molecule has 5 rings (SSSR count). The second kappa shape index (κ2) is 11.2. The summed E-state index contributed by atoms with van der Waals surface area (Å²) in [6.07, 6.45) is 0.806. The third kappa shape index (κ3) is 5.76. The third-order valence-electron chi connectivity index (χ3n) is 5.91. The third-order valence-corrected chi connectivity index (χ3v) is 6.16. The van der Waals surface area contributed by atoms with E-state index in [1.165, 1.54) is 5.56 Å². The summed E-state index contributed by atoms with van der Waals surface area (Å²) in [5, 5.41) is 5.01. The van der Waals surface area contributed by atoms with Crippen molar-refractivity contribution in [3.8, 4) is 34.4 Å². The van der Waals surface area contributed by atoms with Crippen molar-refractivity contribution in [3.63, 3.8) is 0 Å². The Balaban J connectivity index is 1.37. The van der Waals surface area contributed by atoms with Crippen molar-refractivity contribution in [3.05, 3.63) is 102 Å². The van der Waals surface area contributed by atoms with Gasteiger partial charge in [0.25, 0.3) is 0 Å². The number of benzene rings is 4. The van der Waals surface area contributed by atoms with Gasteiger partial charge in [-0.2, -0.15) is 0 Å². The predicted octanol–water partition coefficient (Wildman–Crippen LogP) is 7.41. The number of ether oxygens (including phenoxy) is 3. The minimum atomic E-state index is 0.598. The standard InChI is InChI=1S/C30H26ClN3O3/c1-35-27-18-25-26(19-28(27)36-2)33-29(21-10-12-22(31)13-11-21)34-30(25)32-17-16-20-8-14-24(15-9-20)37-23-6-4-3-5-7-23/h3-15,18-19H,16-17H2,1-2H3,(H,32,33,34). The van der Waals surface area contributed by atoms with Crippen molar-refractivity contribution in [2.75, 3.05) is 26.1 Å². The Labute approximate surface area is 220 Å². The van der Waals surface area contributed by atoms with Crippen LogP contribution >= 0.6 is 11.6 Å². The van der Waals surface area contributed by atoms with Gasteiger partial charge >= 0.3 is 0 Å². The maximum Gasteiger partial charge on any atom is 0.162 e. The second-order valence-electron chi connectivity index (χ2n) is 8.36. The Kier molecular flexibility index (Phi) is 7.38. The maximum absolute atomic E-state index is 6.08. The zero-order valence-corrected chi connectivity index (χ0v) is 21.3. The van der Waals surface area contributed by atoms with Crippen LogP contribution in [0.25, 0.3) is 22.3 Å². The quantitative estimate of drug-likeness (QED) is 0.222. The molecule has 0 atom stereocenters. The fraction of sp³-hybridized carbons (Fsp3) is 0.133. The van der Waals surface area contributed by atoms with Crippen LogP contribution < -0.4 is 19.5 Å². The molecule has 0 saturated heterocycles. The monoisotopic (exact) mass is 511 g/mol. The molecule has 0 bridgehead atoms. The zero-order chi connectivity index (χ0) is 25.6. The number of methoxy groups -OCH3 is 2. The van der Waals surface area contributed by atoms with Crippen LogP contribution in [0.3, 0.4) is 0 Å². The van der Waals surface area contributed by atoms with Gasteiger partial charge in [0.05, 0.1) is 19.7 Å². The Bertz CT molecular complexity index is 1490. The van der Waals surface area contributed by atoms with Crippen LogP contribution in [0.5, 0.6) is 23.0 Å². The molecule has 0 amide bonds. The number of para-hydroxylation sites is 1. The van der Waals surface area contributed by atoms with E-state index in [2.05, 4.69) is 17.4 Å². The molecule has 0 spiro atoms. The summed E-state index contributed by atoms with van der Waals surface area (Å²) in [4.78, 5) is 9.63. The van der Waals surface area contributed by atoms with Crippen LogP contribution in [0.4, 0.5) is 5.82 Å². The lowest BCUT2D eigenvalue weighted by molar-refractivity contribution is 0.356. The zero-order valence-electron chi connectivity index (χ0n) is 20.6. The normalized spacial score (nSPS) is 10.8. The van der Waals surface area contributed by atoms with E-state index >= 15 is 0 Å². The first-order valence-corrected chi connectivity index (χ1v) is 12.3. The van der Waals surface area contributed by atoms with Gasteiger partial charge in [-0.15, -0.1) is 0 Å². The Morgan fingerprint density at radius 3 is 2.14 bits per heavy atom. The van der Waals surface area contributed by atoms with Gasteiger partial charge in [0.15, 0.2) is 17.3 Å². The fourth-order valence-corrected chi connectivity index (χ4v) is 4.12. The molecule has 0 aliphatic heterocycles. The van der Waals surface area contributed by atoms with Crippen molar-refractivity contribution in [1.29, 1.82) is 0 Å². The lowest BCUT2D eigenvalue weighted by atomic mass is 10.1. The van der Waals surface area contributed by atoms with Crippen LogP contribution in [-0.2, 0) is 6.42 Å². The topological polar surface area (TPSA) is 65.5 Å². The highest BCUT2D eigenvalue weighted by atomic mass is 35.5. The van der Waals surface area contributed by atoms with E-state index in [4.69, 9.17) is 35.8 Å². The highest BCUT2D eigenvalue weighted by Crippen LogP contribution is 2.35. The van der Waals surface area contributed by atoms with E-state index in [-0.39, 0.29) is 0 Å². The van der Waals surface area contributed by atoms with Crippen molar-refractivity contribution in [2.24, 2.45) is 0 Å². The molecule has 7 heteroatoms. The van der Waals surface area contributed by atoms with Crippen LogP contribution in [0.2, 0.25) is 5.02 Å². The lowest BCUT2D eigenvalue weighted by Crippen LogP contribution is -2.08. The summed E-state index contributed by atoms with van der Waals surface area (Å²) < 4.78 is 16.9. The predicted molar refractivity (Wildman–Crippen MR) is 148 cm³/mol. The highest BCUT2D eigenvalue weighted by molar-refractivity contribution is 6.30. The molecule has 4 aromatic carbocycles. The van der Waals surface area contributed by atoms with Gasteiger partial charge in [0, 0.05) is 28.6 Å². The summed E-state index contributed by atoms with van der Waals surface area (Å²) in [7, 11) is 3.23. The molecule has 5 aromatic rings. The molecule has 0 radical (unpaired) electrons. The molecule has 0 aliphatic carbocycles. The summed E-state index contributed by atoms with van der Waals surface area (Å²) in [6, 6.07) is 29.1. The Morgan fingerprint density at radius 1 is 0.757 bits per heavy atom. The Hall–Kier alpha value is -4.29. The van der Waals surface area contributed by atoms with E-state index in [1.807, 2.05) is 78.9 Å². The van der Waals surface area contributed by atoms with Gasteiger partial charge in [-0.25, -0.2) is 9.97 Å². The first kappa shape index (κ1) is 24.4. The number of aromatic nitrogens is 2. The van der Waals surface area contributed by atoms with E-state index in [9.17, 15) is 0 Å². The number of rotatable bonds is 9. The molecule has 1 N–H and O–H groups in total. The summed E-state index contributed by atoms with van der Waals surface area (Å²) in [5.74, 6) is 4.17. The van der Waals surface area contributed by atoms with E-state index in [0.717, 1.165) is 40.2 Å². The smallest absolute Gasteiger partial charge is 0.162 e.